The third-order valence-corrected chi connectivity index (χ3v) is 5.18. The van der Waals surface area contributed by atoms with E-state index in [9.17, 15) is 5.11 Å². The molecule has 0 saturated heterocycles. The molecule has 1 heterocycles. The van der Waals surface area contributed by atoms with Crippen LogP contribution in [-0.4, -0.2) is 5.11 Å². The molecule has 0 aliphatic heterocycles. The molecule has 0 aliphatic carbocycles. The van der Waals surface area contributed by atoms with Crippen LogP contribution >= 0.6 is 11.3 Å². The van der Waals surface area contributed by atoms with Crippen molar-refractivity contribution < 1.29 is 5.11 Å². The Morgan fingerprint density at radius 1 is 0.950 bits per heavy atom. The lowest BCUT2D eigenvalue weighted by Crippen LogP contribution is -1.87. The summed E-state index contributed by atoms with van der Waals surface area (Å²) in [6.07, 6.45) is 0. The number of hydrogen-bond donors (Lipinski definition) is 1. The van der Waals surface area contributed by atoms with Gasteiger partial charge in [-0.2, -0.15) is 0 Å². The molecular weight excluding hydrogens is 264 g/mol. The molecule has 0 atom stereocenters. The minimum atomic E-state index is 0.0848. The molecule has 0 radical (unpaired) electrons. The fraction of sp³-hybridized carbons (Fsp3) is 0.111. The largest absolute Gasteiger partial charge is 0.392 e. The van der Waals surface area contributed by atoms with Crippen LogP contribution in [0.15, 0.2) is 48.5 Å². The van der Waals surface area contributed by atoms with Gasteiger partial charge in [0.05, 0.1) is 6.61 Å². The number of hydrogen-bond acceptors (Lipinski definition) is 2. The molecule has 0 spiro atoms. The molecule has 98 valence electrons. The Kier molecular flexibility index (Phi) is 2.56. The number of rotatable bonds is 1. The maximum Gasteiger partial charge on any atom is 0.0688 e. The number of aliphatic hydroxyl groups is 1. The summed E-state index contributed by atoms with van der Waals surface area (Å²) in [6, 6.07) is 17.0. The average molecular weight is 278 g/mol. The van der Waals surface area contributed by atoms with E-state index in [1.807, 2.05) is 11.3 Å². The van der Waals surface area contributed by atoms with Gasteiger partial charge in [-0.05, 0) is 41.0 Å². The predicted octanol–water partition coefficient (Wildman–Crippen LogP) is 5.01. The number of fused-ring (bicyclic) bond motifs is 5. The molecule has 1 nitrogen and oxygen atoms in total. The van der Waals surface area contributed by atoms with Gasteiger partial charge >= 0.3 is 0 Å². The Hall–Kier alpha value is -1.90. The molecule has 0 fully saturated rings. The van der Waals surface area contributed by atoms with Crippen molar-refractivity contribution in [3.8, 4) is 0 Å². The van der Waals surface area contributed by atoms with Gasteiger partial charge in [0.1, 0.15) is 0 Å². The van der Waals surface area contributed by atoms with Crippen molar-refractivity contribution in [2.24, 2.45) is 0 Å². The van der Waals surface area contributed by atoms with Gasteiger partial charge in [-0.15, -0.1) is 11.3 Å². The maximum atomic E-state index is 9.77. The summed E-state index contributed by atoms with van der Waals surface area (Å²) in [4.78, 5) is 0. The van der Waals surface area contributed by atoms with Gasteiger partial charge in [-0.3, -0.25) is 0 Å². The van der Waals surface area contributed by atoms with Gasteiger partial charge < -0.3 is 5.11 Å². The standard InChI is InChI=1S/C18H14OS/c1-11-5-4-7-13-15(11)9-12(10-19)17-14-6-2-3-8-16(14)20-18(13)17/h2-9,19H,10H2,1H3. The van der Waals surface area contributed by atoms with Crippen molar-refractivity contribution in [1.82, 2.24) is 0 Å². The molecule has 0 amide bonds. The molecule has 1 aromatic heterocycles. The number of benzene rings is 3. The van der Waals surface area contributed by atoms with E-state index in [2.05, 4.69) is 55.5 Å². The Morgan fingerprint density at radius 2 is 1.75 bits per heavy atom. The minimum Gasteiger partial charge on any atom is -0.392 e. The lowest BCUT2D eigenvalue weighted by Gasteiger charge is -2.07. The Bertz CT molecular complexity index is 950. The van der Waals surface area contributed by atoms with Crippen LogP contribution in [0.3, 0.4) is 0 Å². The van der Waals surface area contributed by atoms with Crippen molar-refractivity contribution >= 4 is 42.3 Å². The smallest absolute Gasteiger partial charge is 0.0688 e. The van der Waals surface area contributed by atoms with E-state index in [0.717, 1.165) is 5.56 Å². The second-order valence-corrected chi connectivity index (χ2v) is 6.22. The second kappa shape index (κ2) is 4.30. The average Bonchev–Trinajstić information content (AvgIpc) is 2.87. The van der Waals surface area contributed by atoms with Crippen LogP contribution in [0.1, 0.15) is 11.1 Å². The predicted molar refractivity (Wildman–Crippen MR) is 87.5 cm³/mol. The summed E-state index contributed by atoms with van der Waals surface area (Å²) in [5.41, 5.74) is 2.29. The van der Waals surface area contributed by atoms with Crippen molar-refractivity contribution in [3.63, 3.8) is 0 Å². The maximum absolute atomic E-state index is 9.77. The van der Waals surface area contributed by atoms with E-state index in [4.69, 9.17) is 0 Å². The summed E-state index contributed by atoms with van der Waals surface area (Å²) in [6.45, 7) is 2.21. The molecule has 1 N–H and O–H groups in total. The summed E-state index contributed by atoms with van der Waals surface area (Å²) < 4.78 is 2.57. The van der Waals surface area contributed by atoms with Crippen LogP contribution < -0.4 is 0 Å². The van der Waals surface area contributed by atoms with E-state index >= 15 is 0 Å². The molecule has 3 aromatic carbocycles. The third kappa shape index (κ3) is 1.52. The summed E-state index contributed by atoms with van der Waals surface area (Å²) in [5.74, 6) is 0. The van der Waals surface area contributed by atoms with E-state index in [-0.39, 0.29) is 6.61 Å². The van der Waals surface area contributed by atoms with Gasteiger partial charge in [-0.1, -0.05) is 36.4 Å². The quantitative estimate of drug-likeness (QED) is 0.519. The summed E-state index contributed by atoms with van der Waals surface area (Å²) >= 11 is 1.82. The van der Waals surface area contributed by atoms with Crippen LogP contribution in [0.2, 0.25) is 0 Å². The van der Waals surface area contributed by atoms with Crippen molar-refractivity contribution in [1.29, 1.82) is 0 Å². The highest BCUT2D eigenvalue weighted by Gasteiger charge is 2.13. The van der Waals surface area contributed by atoms with Crippen LogP contribution in [0.5, 0.6) is 0 Å². The molecule has 4 rings (SSSR count). The van der Waals surface area contributed by atoms with Crippen LogP contribution in [0, 0.1) is 6.92 Å². The number of aryl methyl sites for hydroxylation is 1. The normalized spacial score (nSPS) is 11.7. The van der Waals surface area contributed by atoms with Gasteiger partial charge in [0, 0.05) is 20.2 Å². The van der Waals surface area contributed by atoms with Crippen molar-refractivity contribution in [3.05, 3.63) is 59.7 Å². The first-order valence-corrected chi connectivity index (χ1v) is 7.54. The highest BCUT2D eigenvalue weighted by molar-refractivity contribution is 7.26. The van der Waals surface area contributed by atoms with Gasteiger partial charge in [0.2, 0.25) is 0 Å². The highest BCUT2D eigenvalue weighted by atomic mass is 32.1. The third-order valence-electron chi connectivity index (χ3n) is 3.97. The van der Waals surface area contributed by atoms with Gasteiger partial charge in [-0.25, -0.2) is 0 Å². The number of aliphatic hydroxyl groups excluding tert-OH is 1. The zero-order chi connectivity index (χ0) is 13.7. The molecule has 4 aromatic rings. The van der Waals surface area contributed by atoms with Crippen molar-refractivity contribution in [2.75, 3.05) is 0 Å². The van der Waals surface area contributed by atoms with E-state index in [1.165, 1.54) is 36.5 Å². The first-order valence-electron chi connectivity index (χ1n) is 6.73. The monoisotopic (exact) mass is 278 g/mol. The molecule has 2 heteroatoms. The zero-order valence-corrected chi connectivity index (χ0v) is 12.0. The van der Waals surface area contributed by atoms with Gasteiger partial charge in [0.15, 0.2) is 0 Å². The van der Waals surface area contributed by atoms with Gasteiger partial charge in [0.25, 0.3) is 0 Å². The SMILES string of the molecule is Cc1cccc2c1cc(CO)c1c3ccccc3sc21. The number of thiophene rings is 1. The Balaban J connectivity index is 2.34. The first kappa shape index (κ1) is 11.9. The fourth-order valence-electron chi connectivity index (χ4n) is 3.00. The second-order valence-electron chi connectivity index (χ2n) is 5.17. The Morgan fingerprint density at radius 3 is 2.60 bits per heavy atom. The highest BCUT2D eigenvalue weighted by Crippen LogP contribution is 2.41. The lowest BCUT2D eigenvalue weighted by atomic mass is 9.98. The topological polar surface area (TPSA) is 20.2 Å². The minimum absolute atomic E-state index is 0.0848. The molecular formula is C18H14OS. The molecule has 0 saturated carbocycles. The summed E-state index contributed by atoms with van der Waals surface area (Å²) in [5, 5.41) is 14.8. The first-order chi connectivity index (χ1) is 9.79. The summed E-state index contributed by atoms with van der Waals surface area (Å²) in [7, 11) is 0. The Labute approximate surface area is 121 Å². The van der Waals surface area contributed by atoms with E-state index in [1.54, 1.807) is 0 Å². The van der Waals surface area contributed by atoms with Crippen LogP contribution in [0.25, 0.3) is 30.9 Å². The van der Waals surface area contributed by atoms with E-state index < -0.39 is 0 Å². The van der Waals surface area contributed by atoms with Crippen LogP contribution in [0.4, 0.5) is 0 Å². The fourth-order valence-corrected chi connectivity index (χ4v) is 4.27. The van der Waals surface area contributed by atoms with Crippen LogP contribution in [-0.2, 0) is 6.61 Å². The van der Waals surface area contributed by atoms with E-state index in [0.29, 0.717) is 0 Å². The lowest BCUT2D eigenvalue weighted by molar-refractivity contribution is 0.283. The molecule has 0 unspecified atom stereocenters. The van der Waals surface area contributed by atoms with Crippen molar-refractivity contribution in [2.45, 2.75) is 13.5 Å². The molecule has 0 bridgehead atoms. The molecule has 0 aliphatic rings. The zero-order valence-electron chi connectivity index (χ0n) is 11.2. The molecule has 20 heavy (non-hydrogen) atoms.